The molecule has 0 aromatic heterocycles. The minimum atomic E-state index is -4.04. The molecule has 3 aliphatic rings. The van der Waals surface area contributed by atoms with Gasteiger partial charge in [-0.3, -0.25) is 9.45 Å². The monoisotopic (exact) mass is 827 g/mol. The Kier molecular flexibility index (Phi) is 13.8. The highest BCUT2D eigenvalue weighted by Crippen LogP contribution is 2.48. The second-order valence-corrected chi connectivity index (χ2v) is 18.3. The van der Waals surface area contributed by atoms with Crippen LogP contribution in [0, 0.1) is 0 Å². The lowest BCUT2D eigenvalue weighted by atomic mass is 9.81. The predicted octanol–water partition coefficient (Wildman–Crippen LogP) is 9.96. The van der Waals surface area contributed by atoms with Crippen molar-refractivity contribution in [2.75, 3.05) is 41.9 Å². The molecule has 0 spiro atoms. The van der Waals surface area contributed by atoms with Gasteiger partial charge < -0.3 is 10.2 Å². The van der Waals surface area contributed by atoms with Gasteiger partial charge in [0.1, 0.15) is 6.54 Å². The largest absolute Gasteiger partial charge is 0.344 e. The number of carbonyl (C=O) groups excluding carboxylic acids is 1. The Morgan fingerprint density at radius 1 is 0.897 bits per heavy atom. The average Bonchev–Trinajstić information content (AvgIpc) is 3.77. The molecule has 6 rings (SSSR count). The summed E-state index contributed by atoms with van der Waals surface area (Å²) in [6.07, 6.45) is 12.9. The van der Waals surface area contributed by atoms with E-state index in [0.717, 1.165) is 72.5 Å². The van der Waals surface area contributed by atoms with Gasteiger partial charge in [0.05, 0.1) is 16.9 Å². The molecule has 0 unspecified atom stereocenters. The molecule has 3 aromatic carbocycles. The van der Waals surface area contributed by atoms with Gasteiger partial charge in [0.2, 0.25) is 5.69 Å². The first kappa shape index (κ1) is 43.1. The second-order valence-electron chi connectivity index (χ2n) is 15.9. The Morgan fingerprint density at radius 2 is 1.60 bits per heavy atom. The maximum Gasteiger partial charge on any atom is 0.326 e. The maximum atomic E-state index is 13.9. The van der Waals surface area contributed by atoms with E-state index in [0.29, 0.717) is 30.8 Å². The van der Waals surface area contributed by atoms with Crippen LogP contribution in [0.25, 0.3) is 0 Å². The minimum absolute atomic E-state index is 0.238. The standard InChI is InChI=1S/C45H54N4O7S2/c1-44(2)36-19-9-11-21-38(36)48(29-13-15-31-57-56-55-51)40(44)27-25-33-23-24-34(42(33)47(5)43(50)46-35-17-7-6-8-18-35)26-28-41-45(3,4)37-20-10-12-22-39(37)49(41)30-14-16-32-58(52,53)54/h6-12,17-22,25-28H,13-16,23-24,29-32H2,1-5H3,(H2-,46,50,51,52,53,54)/p+1. The van der Waals surface area contributed by atoms with Crippen LogP contribution in [-0.2, 0) is 30.3 Å². The van der Waals surface area contributed by atoms with Crippen LogP contribution < -0.4 is 10.2 Å². The zero-order valence-electron chi connectivity index (χ0n) is 34.0. The minimum Gasteiger partial charge on any atom is -0.344 e. The van der Waals surface area contributed by atoms with Crippen LogP contribution in [0.2, 0.25) is 0 Å². The van der Waals surface area contributed by atoms with Crippen molar-refractivity contribution in [3.05, 3.63) is 137 Å². The number of urea groups is 1. The lowest BCUT2D eigenvalue weighted by Crippen LogP contribution is -2.31. The van der Waals surface area contributed by atoms with E-state index < -0.39 is 10.1 Å². The molecule has 0 radical (unpaired) electrons. The summed E-state index contributed by atoms with van der Waals surface area (Å²) in [5.74, 6) is 0.408. The van der Waals surface area contributed by atoms with Crippen molar-refractivity contribution in [3.8, 4) is 0 Å². The number of unbranched alkanes of at least 4 members (excludes halogenated alkanes) is 2. The van der Waals surface area contributed by atoms with Crippen molar-refractivity contribution >= 4 is 51.0 Å². The average molecular weight is 828 g/mol. The Hall–Kier alpha value is -4.50. The third-order valence-electron chi connectivity index (χ3n) is 11.4. The Bertz CT molecular complexity index is 2240. The number of rotatable bonds is 17. The summed E-state index contributed by atoms with van der Waals surface area (Å²) in [7, 11) is -2.22. The lowest BCUT2D eigenvalue weighted by Gasteiger charge is -2.27. The Labute approximate surface area is 347 Å². The molecule has 11 nitrogen and oxygen atoms in total. The second kappa shape index (κ2) is 18.6. The van der Waals surface area contributed by atoms with Gasteiger partial charge in [0.15, 0.2) is 5.71 Å². The first-order valence-corrected chi connectivity index (χ1v) is 22.3. The number of hydrogen-bond acceptors (Lipinski definition) is 8. The molecule has 0 bridgehead atoms. The summed E-state index contributed by atoms with van der Waals surface area (Å²) >= 11 is 1.07. The number of fused-ring (bicyclic) bond motifs is 2. The first-order valence-electron chi connectivity index (χ1n) is 19.8. The van der Waals surface area contributed by atoms with Gasteiger partial charge in [-0.25, -0.2) is 10.1 Å². The summed E-state index contributed by atoms with van der Waals surface area (Å²) in [5.41, 5.74) is 10.0. The third-order valence-corrected chi connectivity index (χ3v) is 12.8. The first-order chi connectivity index (χ1) is 27.7. The molecule has 1 aliphatic carbocycles. The van der Waals surface area contributed by atoms with Crippen LogP contribution in [0.4, 0.5) is 21.9 Å². The van der Waals surface area contributed by atoms with E-state index in [1.807, 2.05) is 49.5 Å². The molecule has 58 heavy (non-hydrogen) atoms. The van der Waals surface area contributed by atoms with E-state index in [-0.39, 0.29) is 22.6 Å². The van der Waals surface area contributed by atoms with Gasteiger partial charge in [0.25, 0.3) is 10.1 Å². The SMILES string of the molecule is CN(C(=O)Nc1ccccc1)C1=C(C=CC2=[N+](CCCCS(=O)(=O)O)c3ccccc3C2(C)C)CCC1=CC=C1N(CCCCSOOO)c2ccccc2C1(C)C. The molecule has 13 heteroatoms. The zero-order valence-corrected chi connectivity index (χ0v) is 35.6. The quantitative estimate of drug-likeness (QED) is 0.0304. The fourth-order valence-corrected chi connectivity index (χ4v) is 9.46. The molecule has 0 saturated heterocycles. The predicted molar refractivity (Wildman–Crippen MR) is 233 cm³/mol. The van der Waals surface area contributed by atoms with Crippen molar-refractivity contribution < 1.29 is 37.0 Å². The van der Waals surface area contributed by atoms with Crippen LogP contribution in [0.3, 0.4) is 0 Å². The summed E-state index contributed by atoms with van der Waals surface area (Å²) in [6, 6.07) is 26.0. The fraction of sp³-hybridized carbons (Fsp3) is 0.378. The van der Waals surface area contributed by atoms with Crippen molar-refractivity contribution in [2.45, 2.75) is 77.0 Å². The summed E-state index contributed by atoms with van der Waals surface area (Å²) in [6.45, 7) is 10.3. The molecule has 0 fully saturated rings. The van der Waals surface area contributed by atoms with Gasteiger partial charge in [0, 0.05) is 78.0 Å². The van der Waals surface area contributed by atoms with E-state index >= 15 is 0 Å². The highest BCUT2D eigenvalue weighted by atomic mass is 32.2. The molecule has 308 valence electrons. The number of allylic oxidation sites excluding steroid dienone is 7. The van der Waals surface area contributed by atoms with Gasteiger partial charge in [-0.05, 0) is 86.9 Å². The summed E-state index contributed by atoms with van der Waals surface area (Å²) in [4.78, 5) is 18.1. The number of anilines is 2. The number of carbonyl (C=O) groups is 1. The van der Waals surface area contributed by atoms with Crippen LogP contribution in [0.5, 0.6) is 0 Å². The lowest BCUT2D eigenvalue weighted by molar-refractivity contribution is -0.438. The summed E-state index contributed by atoms with van der Waals surface area (Å²) < 4.78 is 39.1. The van der Waals surface area contributed by atoms with Crippen molar-refractivity contribution in [2.24, 2.45) is 0 Å². The van der Waals surface area contributed by atoms with Crippen LogP contribution >= 0.6 is 12.0 Å². The van der Waals surface area contributed by atoms with Crippen LogP contribution in [0.1, 0.15) is 77.3 Å². The molecule has 3 aromatic rings. The van der Waals surface area contributed by atoms with E-state index in [9.17, 15) is 17.8 Å². The molecule has 0 saturated carbocycles. The van der Waals surface area contributed by atoms with E-state index in [2.05, 4.69) is 113 Å². The van der Waals surface area contributed by atoms with E-state index in [1.54, 1.807) is 4.90 Å². The molecular formula is C45H55N4O7S2+. The number of benzene rings is 3. The number of amides is 2. The smallest absolute Gasteiger partial charge is 0.326 e. The van der Waals surface area contributed by atoms with E-state index in [1.165, 1.54) is 22.5 Å². The Balaban J connectivity index is 1.38. The molecule has 0 atom stereocenters. The maximum absolute atomic E-state index is 13.9. The van der Waals surface area contributed by atoms with E-state index in [4.69, 9.17) is 5.26 Å². The van der Waals surface area contributed by atoms with Crippen molar-refractivity contribution in [3.63, 3.8) is 0 Å². The van der Waals surface area contributed by atoms with Crippen molar-refractivity contribution in [1.82, 2.24) is 4.90 Å². The normalized spacial score (nSPS) is 18.5. The molecule has 2 aliphatic heterocycles. The van der Waals surface area contributed by atoms with Crippen LogP contribution in [-0.4, -0.2) is 71.1 Å². The zero-order chi connectivity index (χ0) is 41.5. The topological polar surface area (TPSA) is 132 Å². The van der Waals surface area contributed by atoms with Crippen LogP contribution in [0.15, 0.2) is 126 Å². The molecule has 2 amide bonds. The highest BCUT2D eigenvalue weighted by molar-refractivity contribution is 7.94. The number of hydrogen-bond donors (Lipinski definition) is 3. The number of nitrogens with one attached hydrogen (secondary N) is 1. The number of likely N-dealkylation sites (N-methyl/N-ethyl adjacent to an activating group) is 1. The van der Waals surface area contributed by atoms with Gasteiger partial charge in [-0.15, -0.1) is 4.33 Å². The number of para-hydroxylation sites is 3. The van der Waals surface area contributed by atoms with Gasteiger partial charge in [-0.1, -0.05) is 85.6 Å². The van der Waals surface area contributed by atoms with Gasteiger partial charge >= 0.3 is 6.03 Å². The van der Waals surface area contributed by atoms with Gasteiger partial charge in [-0.2, -0.15) is 13.0 Å². The Morgan fingerprint density at radius 3 is 2.34 bits per heavy atom. The fourth-order valence-electron chi connectivity index (χ4n) is 8.46. The van der Waals surface area contributed by atoms with Crippen molar-refractivity contribution in [1.29, 1.82) is 0 Å². The third kappa shape index (κ3) is 9.68. The summed E-state index contributed by atoms with van der Waals surface area (Å²) in [5, 5.41) is 15.3. The molecule has 2 heterocycles. The molecular weight excluding hydrogens is 773 g/mol. The highest BCUT2D eigenvalue weighted by Gasteiger charge is 2.44. The number of nitrogens with zero attached hydrogens (tertiary/aromatic N) is 3. The molecule has 3 N–H and O–H groups in total.